The fourth-order valence-corrected chi connectivity index (χ4v) is 5.11. The van der Waals surface area contributed by atoms with Crippen LogP contribution in [-0.4, -0.2) is 139 Å². The molecule has 0 radical (unpaired) electrons. The van der Waals surface area contributed by atoms with Gasteiger partial charge in [0.05, 0.1) is 30.4 Å². The van der Waals surface area contributed by atoms with Gasteiger partial charge in [0.25, 0.3) is 0 Å². The molecule has 0 aromatic rings. The van der Waals surface area contributed by atoms with E-state index in [1.54, 1.807) is 0 Å². The van der Waals surface area contributed by atoms with Crippen LogP contribution < -0.4 is 0 Å². The van der Waals surface area contributed by atoms with Crippen molar-refractivity contribution >= 4 is 5.97 Å². The number of carbonyl (C=O) groups excluding carboxylic acids is 1. The van der Waals surface area contributed by atoms with Crippen LogP contribution in [0.25, 0.3) is 0 Å². The van der Waals surface area contributed by atoms with Gasteiger partial charge in [0, 0.05) is 32.6 Å². The van der Waals surface area contributed by atoms with Gasteiger partial charge in [0.2, 0.25) is 0 Å². The summed E-state index contributed by atoms with van der Waals surface area (Å²) < 4.78 is 5.19. The SMILES string of the molecule is CCCC(=O)OC1CN2CC[C@H](O)C2C(O)C1O.OC1CN2CC[C@H](O)C2C(O)C1O. The number of hydrogen-bond acceptors (Lipinski definition) is 11. The molecule has 4 saturated heterocycles. The summed E-state index contributed by atoms with van der Waals surface area (Å²) in [5.74, 6) is -0.355. The first-order chi connectivity index (χ1) is 14.6. The molecule has 0 bridgehead atoms. The maximum atomic E-state index is 11.4. The maximum absolute atomic E-state index is 11.4. The zero-order valence-corrected chi connectivity index (χ0v) is 17.8. The van der Waals surface area contributed by atoms with E-state index in [0.29, 0.717) is 51.9 Å². The zero-order chi connectivity index (χ0) is 22.9. The monoisotopic (exact) mass is 448 g/mol. The lowest BCUT2D eigenvalue weighted by Crippen LogP contribution is -2.62. The third kappa shape index (κ3) is 5.21. The Morgan fingerprint density at radius 3 is 1.84 bits per heavy atom. The van der Waals surface area contributed by atoms with Crippen molar-refractivity contribution in [2.24, 2.45) is 0 Å². The van der Waals surface area contributed by atoms with Crippen LogP contribution in [0.5, 0.6) is 0 Å². The molecule has 10 atom stereocenters. The topological polar surface area (TPSA) is 174 Å². The van der Waals surface area contributed by atoms with Gasteiger partial charge in [-0.05, 0) is 19.3 Å². The molecule has 0 aliphatic carbocycles. The third-order valence-electron chi connectivity index (χ3n) is 6.80. The molecule has 11 heteroatoms. The molecule has 0 spiro atoms. The van der Waals surface area contributed by atoms with E-state index < -0.39 is 60.9 Å². The molecule has 31 heavy (non-hydrogen) atoms. The summed E-state index contributed by atoms with van der Waals surface area (Å²) in [7, 11) is 0. The van der Waals surface area contributed by atoms with Gasteiger partial charge in [-0.2, -0.15) is 0 Å². The van der Waals surface area contributed by atoms with E-state index >= 15 is 0 Å². The van der Waals surface area contributed by atoms with E-state index in [2.05, 4.69) is 0 Å². The molecule has 8 unspecified atom stereocenters. The molecule has 7 N–H and O–H groups in total. The number of aliphatic hydroxyl groups excluding tert-OH is 7. The van der Waals surface area contributed by atoms with Crippen molar-refractivity contribution in [3.63, 3.8) is 0 Å². The van der Waals surface area contributed by atoms with Crippen LogP contribution in [0.15, 0.2) is 0 Å². The summed E-state index contributed by atoms with van der Waals surface area (Å²) >= 11 is 0. The van der Waals surface area contributed by atoms with Gasteiger partial charge in [-0.25, -0.2) is 0 Å². The molecule has 4 aliphatic heterocycles. The van der Waals surface area contributed by atoms with Gasteiger partial charge in [-0.3, -0.25) is 14.6 Å². The lowest BCUT2D eigenvalue weighted by molar-refractivity contribution is -0.179. The second-order valence-electron chi connectivity index (χ2n) is 8.99. The molecule has 0 aromatic heterocycles. The Bertz CT molecular complexity index is 611. The normalized spacial score (nSPS) is 45.4. The average molecular weight is 449 g/mol. The highest BCUT2D eigenvalue weighted by molar-refractivity contribution is 5.69. The molecule has 180 valence electrons. The maximum Gasteiger partial charge on any atom is 0.306 e. The number of esters is 1. The summed E-state index contributed by atoms with van der Waals surface area (Å²) in [4.78, 5) is 15.1. The number of nitrogens with zero attached hydrogens (tertiary/aromatic N) is 2. The van der Waals surface area contributed by atoms with E-state index in [1.807, 2.05) is 16.7 Å². The lowest BCUT2D eigenvalue weighted by atomic mass is 9.93. The van der Waals surface area contributed by atoms with Crippen molar-refractivity contribution in [3.05, 3.63) is 0 Å². The fourth-order valence-electron chi connectivity index (χ4n) is 5.11. The van der Waals surface area contributed by atoms with Crippen LogP contribution in [-0.2, 0) is 9.53 Å². The molecular formula is C20H36N2O9. The number of rotatable bonds is 3. The van der Waals surface area contributed by atoms with E-state index in [0.717, 1.165) is 0 Å². The predicted octanol–water partition coefficient (Wildman–Crippen LogP) is -3.61. The first kappa shape index (κ1) is 24.7. The van der Waals surface area contributed by atoms with Gasteiger partial charge < -0.3 is 40.5 Å². The lowest BCUT2D eigenvalue weighted by Gasteiger charge is -2.42. The Morgan fingerprint density at radius 1 is 0.774 bits per heavy atom. The van der Waals surface area contributed by atoms with Gasteiger partial charge in [0.1, 0.15) is 30.5 Å². The van der Waals surface area contributed by atoms with Crippen LogP contribution >= 0.6 is 0 Å². The molecule has 4 aliphatic rings. The summed E-state index contributed by atoms with van der Waals surface area (Å²) in [6.45, 7) is 3.90. The quantitative estimate of drug-likeness (QED) is 0.212. The molecule has 11 nitrogen and oxygen atoms in total. The molecule has 4 rings (SSSR count). The molecule has 4 fully saturated rings. The van der Waals surface area contributed by atoms with E-state index in [9.17, 15) is 40.5 Å². The van der Waals surface area contributed by atoms with Gasteiger partial charge in [0.15, 0.2) is 0 Å². The number of aliphatic hydroxyl groups is 7. The highest BCUT2D eigenvalue weighted by atomic mass is 16.6. The zero-order valence-electron chi connectivity index (χ0n) is 17.8. The van der Waals surface area contributed by atoms with E-state index in [4.69, 9.17) is 4.74 Å². The number of fused-ring (bicyclic) bond motifs is 2. The second kappa shape index (κ2) is 10.4. The first-order valence-electron chi connectivity index (χ1n) is 11.1. The highest BCUT2D eigenvalue weighted by Crippen LogP contribution is 2.30. The average Bonchev–Trinajstić information content (AvgIpc) is 3.27. The van der Waals surface area contributed by atoms with Crippen LogP contribution in [0.3, 0.4) is 0 Å². The Kier molecular flexibility index (Phi) is 8.27. The minimum Gasteiger partial charge on any atom is -0.458 e. The third-order valence-corrected chi connectivity index (χ3v) is 6.80. The number of carbonyl (C=O) groups is 1. The molecule has 0 aromatic carbocycles. The van der Waals surface area contributed by atoms with E-state index in [1.165, 1.54) is 0 Å². The second-order valence-corrected chi connectivity index (χ2v) is 8.99. The van der Waals surface area contributed by atoms with Crippen molar-refractivity contribution in [2.45, 2.75) is 93.5 Å². The van der Waals surface area contributed by atoms with Gasteiger partial charge in [-0.15, -0.1) is 0 Å². The van der Waals surface area contributed by atoms with E-state index in [-0.39, 0.29) is 5.97 Å². The number of ether oxygens (including phenoxy) is 1. The minimum atomic E-state index is -1.13. The standard InChI is InChI=1S/C12H21NO5.C8H15NO4/c1-2-3-9(15)18-8-6-13-5-4-7(14)10(13)12(17)11(8)16;10-4-1-2-9-3-5(11)7(12)8(13)6(4)9/h7-8,10-12,14,16-17H,2-6H2,1H3;4-8,10-13H,1-3H2/t7-,8?,10?,11?,12?;4-,5?,6?,7?,8?/m00/s1. The summed E-state index contributed by atoms with van der Waals surface area (Å²) in [6.07, 6.45) is -5.02. The molecule has 0 saturated carbocycles. The summed E-state index contributed by atoms with van der Waals surface area (Å²) in [6, 6.07) is -0.848. The highest BCUT2D eigenvalue weighted by Gasteiger charge is 2.49. The van der Waals surface area contributed by atoms with Crippen molar-refractivity contribution in [1.82, 2.24) is 9.80 Å². The van der Waals surface area contributed by atoms with Crippen LogP contribution in [0, 0.1) is 0 Å². The van der Waals surface area contributed by atoms with Crippen LogP contribution in [0.2, 0.25) is 0 Å². The summed E-state index contributed by atoms with van der Waals surface area (Å²) in [5.41, 5.74) is 0. The number of hydrogen-bond donors (Lipinski definition) is 7. The van der Waals surface area contributed by atoms with Gasteiger partial charge in [-0.1, -0.05) is 6.92 Å². The Balaban J connectivity index is 0.000000185. The number of piperidine rings is 2. The van der Waals surface area contributed by atoms with Crippen molar-refractivity contribution in [1.29, 1.82) is 0 Å². The largest absolute Gasteiger partial charge is 0.458 e. The van der Waals surface area contributed by atoms with Crippen molar-refractivity contribution < 1.29 is 45.3 Å². The van der Waals surface area contributed by atoms with Crippen LogP contribution in [0.1, 0.15) is 32.6 Å². The Hall–Kier alpha value is -0.890. The molecule has 4 heterocycles. The van der Waals surface area contributed by atoms with Crippen molar-refractivity contribution in [2.75, 3.05) is 26.2 Å². The Morgan fingerprint density at radius 2 is 1.29 bits per heavy atom. The molecule has 0 amide bonds. The Labute approximate surface area is 181 Å². The predicted molar refractivity (Wildman–Crippen MR) is 107 cm³/mol. The smallest absolute Gasteiger partial charge is 0.306 e. The fraction of sp³-hybridized carbons (Fsp3) is 0.950. The molecular weight excluding hydrogens is 412 g/mol. The van der Waals surface area contributed by atoms with Crippen molar-refractivity contribution in [3.8, 4) is 0 Å². The minimum absolute atomic E-state index is 0.311. The van der Waals surface area contributed by atoms with Crippen LogP contribution in [0.4, 0.5) is 0 Å². The summed E-state index contributed by atoms with van der Waals surface area (Å²) in [5, 5.41) is 67.5. The van der Waals surface area contributed by atoms with Gasteiger partial charge >= 0.3 is 5.97 Å². The first-order valence-corrected chi connectivity index (χ1v) is 11.1.